The van der Waals surface area contributed by atoms with Crippen LogP contribution in [0.3, 0.4) is 0 Å². The van der Waals surface area contributed by atoms with E-state index in [2.05, 4.69) is 0 Å². The molecule has 0 heterocycles. The van der Waals surface area contributed by atoms with E-state index in [-0.39, 0.29) is 11.4 Å². The lowest BCUT2D eigenvalue weighted by atomic mass is 9.75. The number of hydrogen-bond donors (Lipinski definition) is 1. The third kappa shape index (κ3) is 2.21. The zero-order valence-electron chi connectivity index (χ0n) is 11.6. The predicted octanol–water partition coefficient (Wildman–Crippen LogP) is 3.97. The van der Waals surface area contributed by atoms with Crippen molar-refractivity contribution in [3.63, 3.8) is 0 Å². The van der Waals surface area contributed by atoms with Gasteiger partial charge in [-0.15, -0.1) is 0 Å². The van der Waals surface area contributed by atoms with Crippen LogP contribution >= 0.6 is 0 Å². The second-order valence-electron chi connectivity index (χ2n) is 5.64. The molecule has 1 aliphatic rings. The first-order valence-electron chi connectivity index (χ1n) is 7.06. The van der Waals surface area contributed by atoms with Crippen LogP contribution in [0.5, 0.6) is 0 Å². The Morgan fingerprint density at radius 3 is 2.50 bits per heavy atom. The van der Waals surface area contributed by atoms with E-state index in [1.54, 1.807) is 19.2 Å². The fourth-order valence-electron chi connectivity index (χ4n) is 3.10. The summed E-state index contributed by atoms with van der Waals surface area (Å²) in [6, 6.07) is 10.4. The van der Waals surface area contributed by atoms with Crippen molar-refractivity contribution in [2.75, 3.05) is 7.11 Å². The summed E-state index contributed by atoms with van der Waals surface area (Å²) in [6.07, 6.45) is 3.06. The van der Waals surface area contributed by atoms with Crippen molar-refractivity contribution in [1.82, 2.24) is 0 Å². The summed E-state index contributed by atoms with van der Waals surface area (Å²) in [5.41, 5.74) is 0.583. The van der Waals surface area contributed by atoms with Crippen molar-refractivity contribution in [2.24, 2.45) is 0 Å². The van der Waals surface area contributed by atoms with Crippen LogP contribution < -0.4 is 0 Å². The van der Waals surface area contributed by atoms with E-state index in [1.807, 2.05) is 18.2 Å². The Kier molecular flexibility index (Phi) is 3.48. The van der Waals surface area contributed by atoms with E-state index in [9.17, 15) is 9.50 Å². The van der Waals surface area contributed by atoms with Crippen molar-refractivity contribution in [3.8, 4) is 0 Å². The van der Waals surface area contributed by atoms with Gasteiger partial charge < -0.3 is 9.84 Å². The molecule has 0 aliphatic heterocycles. The molecule has 1 saturated carbocycles. The van der Waals surface area contributed by atoms with E-state index >= 15 is 0 Å². The summed E-state index contributed by atoms with van der Waals surface area (Å²) in [7, 11) is 1.70. The van der Waals surface area contributed by atoms with Crippen LogP contribution in [-0.2, 0) is 4.74 Å². The largest absolute Gasteiger partial charge is 0.388 e. The van der Waals surface area contributed by atoms with E-state index in [1.165, 1.54) is 6.07 Å². The zero-order chi connectivity index (χ0) is 14.2. The molecule has 0 radical (unpaired) electrons. The van der Waals surface area contributed by atoms with Crippen molar-refractivity contribution in [1.29, 1.82) is 0 Å². The number of fused-ring (bicyclic) bond motifs is 1. The van der Waals surface area contributed by atoms with Crippen LogP contribution in [-0.4, -0.2) is 17.8 Å². The van der Waals surface area contributed by atoms with E-state index in [0.717, 1.165) is 30.2 Å². The monoisotopic (exact) mass is 274 g/mol. The van der Waals surface area contributed by atoms with Crippen molar-refractivity contribution < 1.29 is 14.2 Å². The third-order valence-electron chi connectivity index (χ3n) is 4.53. The van der Waals surface area contributed by atoms with E-state index in [0.29, 0.717) is 11.8 Å². The number of benzene rings is 2. The zero-order valence-corrected chi connectivity index (χ0v) is 11.6. The molecular weight excluding hydrogens is 255 g/mol. The average molecular weight is 274 g/mol. The summed E-state index contributed by atoms with van der Waals surface area (Å²) >= 11 is 0. The molecule has 0 saturated heterocycles. The van der Waals surface area contributed by atoms with Gasteiger partial charge in [-0.05, 0) is 36.3 Å². The molecule has 1 unspecified atom stereocenters. The van der Waals surface area contributed by atoms with Gasteiger partial charge in [0, 0.05) is 18.9 Å². The van der Waals surface area contributed by atoms with Gasteiger partial charge in [-0.2, -0.15) is 0 Å². The van der Waals surface area contributed by atoms with Crippen LogP contribution in [0.1, 0.15) is 37.4 Å². The summed E-state index contributed by atoms with van der Waals surface area (Å²) in [6.45, 7) is 0. The number of halogens is 1. The Labute approximate surface area is 118 Å². The van der Waals surface area contributed by atoms with Gasteiger partial charge in [0.05, 0.1) is 11.7 Å². The van der Waals surface area contributed by atoms with Crippen LogP contribution in [0, 0.1) is 5.82 Å². The molecule has 2 nitrogen and oxygen atoms in total. The number of methoxy groups -OCH3 is 1. The van der Waals surface area contributed by atoms with Gasteiger partial charge in [0.15, 0.2) is 0 Å². The van der Waals surface area contributed by atoms with Crippen LogP contribution in [0.25, 0.3) is 10.8 Å². The summed E-state index contributed by atoms with van der Waals surface area (Å²) < 4.78 is 19.4. The molecular formula is C17H19FO2. The normalized spacial score (nSPS) is 18.8. The summed E-state index contributed by atoms with van der Waals surface area (Å²) in [5.74, 6) is -0.248. The molecule has 0 aromatic heterocycles. The fraction of sp³-hybridized carbons (Fsp3) is 0.412. The van der Waals surface area contributed by atoms with Crippen molar-refractivity contribution >= 4 is 10.8 Å². The van der Waals surface area contributed by atoms with Crippen LogP contribution in [0.2, 0.25) is 0 Å². The molecule has 1 aliphatic carbocycles. The first kappa shape index (κ1) is 13.5. The highest BCUT2D eigenvalue weighted by Crippen LogP contribution is 2.42. The molecule has 0 amide bonds. The Balaban J connectivity index is 1.95. The Morgan fingerprint density at radius 1 is 1.20 bits per heavy atom. The quantitative estimate of drug-likeness (QED) is 0.914. The second-order valence-corrected chi connectivity index (χ2v) is 5.64. The maximum atomic E-state index is 13.8. The lowest BCUT2D eigenvalue weighted by Crippen LogP contribution is -2.40. The molecule has 3 rings (SSSR count). The average Bonchev–Trinajstić information content (AvgIpc) is 2.43. The molecule has 2 aromatic rings. The standard InChI is InChI=1S/C17H19FO2/c1-20-17(9-4-10-17)11-16(19)14-7-8-15(18)13-6-3-2-5-12(13)14/h2-3,5-8,16,19H,4,9-11H2,1H3. The highest BCUT2D eigenvalue weighted by Gasteiger charge is 2.39. The Hall–Kier alpha value is -1.45. The summed E-state index contributed by atoms with van der Waals surface area (Å²) in [5, 5.41) is 11.9. The maximum Gasteiger partial charge on any atom is 0.131 e. The number of aliphatic hydroxyl groups is 1. The first-order valence-corrected chi connectivity index (χ1v) is 7.06. The second kappa shape index (κ2) is 5.15. The van der Waals surface area contributed by atoms with Gasteiger partial charge >= 0.3 is 0 Å². The minimum absolute atomic E-state index is 0.199. The fourth-order valence-corrected chi connectivity index (χ4v) is 3.10. The minimum atomic E-state index is -0.624. The molecule has 20 heavy (non-hydrogen) atoms. The van der Waals surface area contributed by atoms with Gasteiger partial charge in [0.25, 0.3) is 0 Å². The predicted molar refractivity (Wildman–Crippen MR) is 77.1 cm³/mol. The molecule has 3 heteroatoms. The minimum Gasteiger partial charge on any atom is -0.388 e. The van der Waals surface area contributed by atoms with Crippen LogP contribution in [0.15, 0.2) is 36.4 Å². The lowest BCUT2D eigenvalue weighted by molar-refractivity contribution is -0.0997. The summed E-state index contributed by atoms with van der Waals surface area (Å²) in [4.78, 5) is 0. The first-order chi connectivity index (χ1) is 9.65. The van der Waals surface area contributed by atoms with Crippen molar-refractivity contribution in [3.05, 3.63) is 47.8 Å². The molecule has 1 N–H and O–H groups in total. The van der Waals surface area contributed by atoms with Crippen LogP contribution in [0.4, 0.5) is 4.39 Å². The molecule has 106 valence electrons. The van der Waals surface area contributed by atoms with Gasteiger partial charge in [0.2, 0.25) is 0 Å². The molecule has 1 fully saturated rings. The maximum absolute atomic E-state index is 13.8. The molecule has 0 bridgehead atoms. The van der Waals surface area contributed by atoms with Gasteiger partial charge in [-0.1, -0.05) is 30.3 Å². The van der Waals surface area contributed by atoms with Gasteiger partial charge in [-0.3, -0.25) is 0 Å². The van der Waals surface area contributed by atoms with E-state index in [4.69, 9.17) is 4.74 Å². The Morgan fingerprint density at radius 2 is 1.90 bits per heavy atom. The molecule has 1 atom stereocenters. The number of aliphatic hydroxyl groups excluding tert-OH is 1. The lowest BCUT2D eigenvalue weighted by Gasteiger charge is -2.42. The Bertz CT molecular complexity index is 614. The topological polar surface area (TPSA) is 29.5 Å². The SMILES string of the molecule is COC1(CC(O)c2ccc(F)c3ccccc23)CCC1. The highest BCUT2D eigenvalue weighted by molar-refractivity contribution is 5.86. The third-order valence-corrected chi connectivity index (χ3v) is 4.53. The van der Waals surface area contributed by atoms with Gasteiger partial charge in [-0.25, -0.2) is 4.39 Å². The van der Waals surface area contributed by atoms with Crippen molar-refractivity contribution in [2.45, 2.75) is 37.4 Å². The number of ether oxygens (including phenoxy) is 1. The van der Waals surface area contributed by atoms with Gasteiger partial charge in [0.1, 0.15) is 5.82 Å². The number of hydrogen-bond acceptors (Lipinski definition) is 2. The highest BCUT2D eigenvalue weighted by atomic mass is 19.1. The molecule has 0 spiro atoms. The smallest absolute Gasteiger partial charge is 0.131 e. The molecule has 2 aromatic carbocycles. The van der Waals surface area contributed by atoms with E-state index < -0.39 is 6.10 Å². The number of rotatable bonds is 4.